The van der Waals surface area contributed by atoms with E-state index in [1.807, 2.05) is 0 Å². The number of hydrogen-bond donors (Lipinski definition) is 0. The molecule has 25 heavy (non-hydrogen) atoms. The smallest absolute Gasteiger partial charge is 0.0720 e. The zero-order valence-corrected chi connectivity index (χ0v) is 15.8. The van der Waals surface area contributed by atoms with Gasteiger partial charge in [-0.15, -0.1) is 0 Å². The van der Waals surface area contributed by atoms with E-state index in [9.17, 15) is 0 Å². The number of nitrogens with zero attached hydrogens (tertiary/aromatic N) is 1. The van der Waals surface area contributed by atoms with E-state index in [0.29, 0.717) is 12.7 Å². The van der Waals surface area contributed by atoms with Crippen LogP contribution < -0.4 is 0 Å². The van der Waals surface area contributed by atoms with Gasteiger partial charge in [0, 0.05) is 5.92 Å². The third-order valence-corrected chi connectivity index (χ3v) is 6.34. The molecule has 0 heterocycles. The molecule has 0 aromatic heterocycles. The molecule has 2 heteroatoms. The second-order valence-corrected chi connectivity index (χ2v) is 8.16. The van der Waals surface area contributed by atoms with Crippen LogP contribution in [0.5, 0.6) is 0 Å². The van der Waals surface area contributed by atoms with Gasteiger partial charge in [-0.25, -0.2) is 0 Å². The van der Waals surface area contributed by atoms with Gasteiger partial charge in [-0.2, -0.15) is 5.26 Å². The molecule has 0 bridgehead atoms. The highest BCUT2D eigenvalue weighted by Gasteiger charge is 2.22. The molecule has 2 nitrogen and oxygen atoms in total. The molecule has 2 fully saturated rings. The van der Waals surface area contributed by atoms with Crippen LogP contribution in [0.2, 0.25) is 0 Å². The van der Waals surface area contributed by atoms with Gasteiger partial charge in [-0.1, -0.05) is 44.0 Å². The van der Waals surface area contributed by atoms with Gasteiger partial charge in [-0.05, 0) is 74.3 Å². The molecule has 2 saturated carbocycles. The van der Waals surface area contributed by atoms with E-state index < -0.39 is 0 Å². The first-order valence-corrected chi connectivity index (χ1v) is 10.4. The van der Waals surface area contributed by atoms with Crippen molar-refractivity contribution in [3.63, 3.8) is 0 Å². The maximum atomic E-state index is 8.97. The van der Waals surface area contributed by atoms with Gasteiger partial charge in [0.15, 0.2) is 0 Å². The van der Waals surface area contributed by atoms with Gasteiger partial charge in [0.2, 0.25) is 0 Å². The van der Waals surface area contributed by atoms with Crippen molar-refractivity contribution in [3.8, 4) is 6.07 Å². The van der Waals surface area contributed by atoms with Crippen LogP contribution >= 0.6 is 0 Å². The van der Waals surface area contributed by atoms with Crippen molar-refractivity contribution in [2.45, 2.75) is 89.8 Å². The van der Waals surface area contributed by atoms with Crippen LogP contribution in [0.15, 0.2) is 24.3 Å². The number of rotatable bonds is 6. The molecule has 136 valence electrons. The average molecular weight is 340 g/mol. The van der Waals surface area contributed by atoms with E-state index in [2.05, 4.69) is 37.3 Å². The Morgan fingerprint density at radius 1 is 0.960 bits per heavy atom. The maximum Gasteiger partial charge on any atom is 0.0720 e. The Hall–Kier alpha value is -1.33. The molecule has 2 aliphatic rings. The zero-order valence-electron chi connectivity index (χ0n) is 15.8. The van der Waals surface area contributed by atoms with E-state index in [1.54, 1.807) is 0 Å². The quantitative estimate of drug-likeness (QED) is 0.604. The Morgan fingerprint density at radius 3 is 2.24 bits per heavy atom. The molecule has 1 aromatic rings. The highest BCUT2D eigenvalue weighted by Crippen LogP contribution is 2.37. The van der Waals surface area contributed by atoms with Gasteiger partial charge < -0.3 is 4.74 Å². The van der Waals surface area contributed by atoms with Crippen molar-refractivity contribution in [2.24, 2.45) is 11.8 Å². The summed E-state index contributed by atoms with van der Waals surface area (Å²) in [5.41, 5.74) is 2.80. The second-order valence-electron chi connectivity index (χ2n) is 8.16. The number of ether oxygens (including phenoxy) is 1. The van der Waals surface area contributed by atoms with Gasteiger partial charge in [0.1, 0.15) is 0 Å². The molecular formula is C23H33NO. The predicted molar refractivity (Wildman–Crippen MR) is 102 cm³/mol. The minimum absolute atomic E-state index is 0.256. The van der Waals surface area contributed by atoms with Crippen molar-refractivity contribution in [3.05, 3.63) is 35.4 Å². The minimum Gasteiger partial charge on any atom is -0.374 e. The summed E-state index contributed by atoms with van der Waals surface area (Å²) in [5.74, 6) is 2.00. The fourth-order valence-electron chi connectivity index (χ4n) is 4.65. The highest BCUT2D eigenvalue weighted by atomic mass is 16.5. The molecule has 0 spiro atoms. The summed E-state index contributed by atoms with van der Waals surface area (Å²) < 4.78 is 6.08. The van der Waals surface area contributed by atoms with E-state index in [4.69, 9.17) is 10.00 Å². The number of hydrogen-bond acceptors (Lipinski definition) is 2. The van der Waals surface area contributed by atoms with Crippen molar-refractivity contribution >= 4 is 0 Å². The minimum atomic E-state index is 0.256. The summed E-state index contributed by atoms with van der Waals surface area (Å²) in [5, 5.41) is 8.97. The standard InChI is InChI=1S/C23H33NO/c1-2-3-18-4-10-21(11-5-18)22-12-6-20(7-13-22)17-25-23-14-8-19(16-24)9-15-23/h6-7,12-13,18-19,21,23H,2-5,8-11,14-15,17H2,1H3/t18-,19-,21-,23-. The highest BCUT2D eigenvalue weighted by molar-refractivity contribution is 5.25. The van der Waals surface area contributed by atoms with Gasteiger partial charge >= 0.3 is 0 Å². The van der Waals surface area contributed by atoms with E-state index in [0.717, 1.165) is 37.5 Å². The van der Waals surface area contributed by atoms with Crippen LogP contribution in [-0.2, 0) is 11.3 Å². The summed E-state index contributed by atoms with van der Waals surface area (Å²) in [6.07, 6.45) is 12.7. The molecule has 0 saturated heterocycles. The first-order chi connectivity index (χ1) is 12.3. The van der Waals surface area contributed by atoms with Gasteiger partial charge in [0.05, 0.1) is 18.8 Å². The van der Waals surface area contributed by atoms with Crippen molar-refractivity contribution in [2.75, 3.05) is 0 Å². The van der Waals surface area contributed by atoms with Crippen molar-refractivity contribution in [1.29, 1.82) is 5.26 Å². The van der Waals surface area contributed by atoms with Gasteiger partial charge in [-0.3, -0.25) is 0 Å². The summed E-state index contributed by atoms with van der Waals surface area (Å²) in [6, 6.07) is 11.6. The van der Waals surface area contributed by atoms with E-state index in [-0.39, 0.29) is 5.92 Å². The van der Waals surface area contributed by atoms with E-state index >= 15 is 0 Å². The lowest BCUT2D eigenvalue weighted by molar-refractivity contribution is 0.0116. The zero-order chi connectivity index (χ0) is 17.5. The Balaban J connectivity index is 1.43. The van der Waals surface area contributed by atoms with Crippen molar-refractivity contribution in [1.82, 2.24) is 0 Å². The third kappa shape index (κ3) is 5.32. The predicted octanol–water partition coefficient (Wildman–Crippen LogP) is 6.36. The Labute approximate surface area is 153 Å². The lowest BCUT2D eigenvalue weighted by Gasteiger charge is -2.28. The first kappa shape index (κ1) is 18.5. The third-order valence-electron chi connectivity index (χ3n) is 6.34. The molecule has 0 atom stereocenters. The molecule has 0 aliphatic heterocycles. The average Bonchev–Trinajstić information content (AvgIpc) is 2.68. The topological polar surface area (TPSA) is 33.0 Å². The van der Waals surface area contributed by atoms with Crippen LogP contribution in [0.1, 0.15) is 88.2 Å². The lowest BCUT2D eigenvalue weighted by Crippen LogP contribution is -2.20. The molecule has 2 aliphatic carbocycles. The summed E-state index contributed by atoms with van der Waals surface area (Å²) in [4.78, 5) is 0. The number of nitriles is 1. The molecule has 3 rings (SSSR count). The molecule has 0 N–H and O–H groups in total. The normalized spacial score (nSPS) is 29.9. The van der Waals surface area contributed by atoms with Crippen LogP contribution in [0.3, 0.4) is 0 Å². The SMILES string of the molecule is CCC[C@H]1CC[C@H](c2ccc(CO[C@H]3CC[C@H](C#N)CC3)cc2)CC1. The molecule has 0 unspecified atom stereocenters. The summed E-state index contributed by atoms with van der Waals surface area (Å²) >= 11 is 0. The molecular weight excluding hydrogens is 306 g/mol. The second kappa shape index (κ2) is 9.39. The largest absolute Gasteiger partial charge is 0.374 e. The summed E-state index contributed by atoms with van der Waals surface area (Å²) in [6.45, 7) is 3.02. The maximum absolute atomic E-state index is 8.97. The molecule has 0 radical (unpaired) electrons. The van der Waals surface area contributed by atoms with Crippen molar-refractivity contribution < 1.29 is 4.74 Å². The lowest BCUT2D eigenvalue weighted by atomic mass is 9.77. The van der Waals surface area contributed by atoms with E-state index in [1.165, 1.54) is 49.7 Å². The Bertz CT molecular complexity index is 542. The van der Waals surface area contributed by atoms with Gasteiger partial charge in [0.25, 0.3) is 0 Å². The monoisotopic (exact) mass is 339 g/mol. The van der Waals surface area contributed by atoms with Crippen LogP contribution in [0.4, 0.5) is 0 Å². The number of benzene rings is 1. The van der Waals surface area contributed by atoms with Crippen LogP contribution in [0.25, 0.3) is 0 Å². The Morgan fingerprint density at radius 2 is 1.64 bits per heavy atom. The van der Waals surface area contributed by atoms with Crippen LogP contribution in [0, 0.1) is 23.2 Å². The fraction of sp³-hybridized carbons (Fsp3) is 0.696. The van der Waals surface area contributed by atoms with Crippen LogP contribution in [-0.4, -0.2) is 6.10 Å². The molecule has 1 aromatic carbocycles. The molecule has 0 amide bonds. The first-order valence-electron chi connectivity index (χ1n) is 10.4. The fourth-order valence-corrected chi connectivity index (χ4v) is 4.65. The summed E-state index contributed by atoms with van der Waals surface area (Å²) in [7, 11) is 0. The Kier molecular flexibility index (Phi) is 6.93.